The van der Waals surface area contributed by atoms with Gasteiger partial charge in [0.1, 0.15) is 17.5 Å². The van der Waals surface area contributed by atoms with Crippen LogP contribution in [0, 0.1) is 17.2 Å². The van der Waals surface area contributed by atoms with E-state index in [0.717, 1.165) is 0 Å². The molecule has 1 atom stereocenters. The molecule has 0 saturated heterocycles. The van der Waals surface area contributed by atoms with E-state index in [1.165, 1.54) is 7.11 Å². The van der Waals surface area contributed by atoms with E-state index in [0.29, 0.717) is 17.1 Å². The van der Waals surface area contributed by atoms with Crippen LogP contribution in [0.15, 0.2) is 18.2 Å². The second-order valence-electron chi connectivity index (χ2n) is 4.33. The van der Waals surface area contributed by atoms with Crippen molar-refractivity contribution in [2.24, 2.45) is 5.92 Å². The van der Waals surface area contributed by atoms with Crippen LogP contribution in [0.25, 0.3) is 0 Å². The van der Waals surface area contributed by atoms with Crippen molar-refractivity contribution in [3.8, 4) is 17.6 Å². The Morgan fingerprint density at radius 1 is 1.32 bits per heavy atom. The number of carbonyl (C=O) groups excluding carboxylic acids is 1. The monoisotopic (exact) mass is 262 g/mol. The highest BCUT2D eigenvalue weighted by Crippen LogP contribution is 2.29. The van der Waals surface area contributed by atoms with E-state index >= 15 is 0 Å². The van der Waals surface area contributed by atoms with Gasteiger partial charge >= 0.3 is 0 Å². The number of carbonyl (C=O) groups is 1. The number of rotatable bonds is 5. The number of ether oxygens (including phenoxy) is 2. The van der Waals surface area contributed by atoms with E-state index in [1.54, 1.807) is 39.2 Å². The summed E-state index contributed by atoms with van der Waals surface area (Å²) in [6, 6.07) is 6.43. The maximum atomic E-state index is 11.7. The Balaban J connectivity index is 3.09. The lowest BCUT2D eigenvalue weighted by Gasteiger charge is -2.17. The first-order valence-corrected chi connectivity index (χ1v) is 5.95. The van der Waals surface area contributed by atoms with E-state index in [4.69, 9.17) is 9.47 Å². The molecule has 0 fully saturated rings. The topological polar surface area (TPSA) is 71.3 Å². The number of nitriles is 1. The van der Waals surface area contributed by atoms with Crippen LogP contribution in [0.5, 0.6) is 11.5 Å². The fraction of sp³-hybridized carbons (Fsp3) is 0.429. The summed E-state index contributed by atoms with van der Waals surface area (Å²) in [5.41, 5.74) is 0.582. The Labute approximate surface area is 113 Å². The molecule has 5 nitrogen and oxygen atoms in total. The second kappa shape index (κ2) is 6.64. The van der Waals surface area contributed by atoms with Crippen molar-refractivity contribution in [1.82, 2.24) is 5.32 Å². The van der Waals surface area contributed by atoms with Gasteiger partial charge in [-0.25, -0.2) is 0 Å². The first-order chi connectivity index (χ1) is 9.03. The van der Waals surface area contributed by atoms with Crippen molar-refractivity contribution >= 4 is 5.91 Å². The van der Waals surface area contributed by atoms with Gasteiger partial charge in [-0.15, -0.1) is 0 Å². The van der Waals surface area contributed by atoms with Crippen molar-refractivity contribution in [2.45, 2.75) is 19.9 Å². The van der Waals surface area contributed by atoms with Crippen molar-refractivity contribution in [2.75, 3.05) is 14.2 Å². The van der Waals surface area contributed by atoms with Gasteiger partial charge in [0.05, 0.1) is 20.3 Å². The molecule has 0 radical (unpaired) electrons. The maximum absolute atomic E-state index is 11.7. The highest BCUT2D eigenvalue weighted by atomic mass is 16.5. The highest BCUT2D eigenvalue weighted by Gasteiger charge is 2.20. The third-order valence-electron chi connectivity index (χ3n) is 2.69. The summed E-state index contributed by atoms with van der Waals surface area (Å²) in [4.78, 5) is 11.7. The number of hydrogen-bond donors (Lipinski definition) is 1. The first-order valence-electron chi connectivity index (χ1n) is 5.95. The van der Waals surface area contributed by atoms with Crippen LogP contribution < -0.4 is 14.8 Å². The molecule has 5 heteroatoms. The van der Waals surface area contributed by atoms with Crippen LogP contribution in [-0.4, -0.2) is 20.1 Å². The number of nitrogens with one attached hydrogen (secondary N) is 1. The molecule has 0 aliphatic heterocycles. The molecule has 1 aromatic carbocycles. The Morgan fingerprint density at radius 3 is 2.47 bits per heavy atom. The molecule has 1 N–H and O–H groups in total. The molecule has 1 aromatic rings. The van der Waals surface area contributed by atoms with Crippen molar-refractivity contribution in [3.63, 3.8) is 0 Å². The lowest BCUT2D eigenvalue weighted by molar-refractivity contribution is -0.124. The molecule has 0 spiro atoms. The molecule has 0 aromatic heterocycles. The minimum Gasteiger partial charge on any atom is -0.497 e. The molecule has 1 rings (SSSR count). The predicted molar refractivity (Wildman–Crippen MR) is 70.9 cm³/mol. The molecule has 0 aliphatic carbocycles. The minimum atomic E-state index is -0.764. The van der Waals surface area contributed by atoms with E-state index in [-0.39, 0.29) is 11.8 Å². The van der Waals surface area contributed by atoms with Gasteiger partial charge in [-0.3, -0.25) is 4.79 Å². The van der Waals surface area contributed by atoms with Crippen LogP contribution in [-0.2, 0) is 4.79 Å². The fourth-order valence-electron chi connectivity index (χ4n) is 1.55. The number of benzene rings is 1. The average molecular weight is 262 g/mol. The van der Waals surface area contributed by atoms with E-state index in [2.05, 4.69) is 11.4 Å². The molecule has 1 amide bonds. The van der Waals surface area contributed by atoms with Crippen LogP contribution in [0.2, 0.25) is 0 Å². The third-order valence-corrected chi connectivity index (χ3v) is 2.69. The van der Waals surface area contributed by atoms with Crippen LogP contribution >= 0.6 is 0 Å². The highest BCUT2D eigenvalue weighted by molar-refractivity contribution is 5.78. The minimum absolute atomic E-state index is 0.184. The number of methoxy groups -OCH3 is 2. The van der Waals surface area contributed by atoms with Gasteiger partial charge in [0.2, 0.25) is 5.91 Å². The van der Waals surface area contributed by atoms with Gasteiger partial charge in [0.15, 0.2) is 0 Å². The van der Waals surface area contributed by atoms with Gasteiger partial charge in [-0.1, -0.05) is 13.8 Å². The Kier molecular flexibility index (Phi) is 5.19. The quantitative estimate of drug-likeness (QED) is 0.881. The molecule has 19 heavy (non-hydrogen) atoms. The lowest BCUT2D eigenvalue weighted by atomic mass is 10.1. The van der Waals surface area contributed by atoms with E-state index in [9.17, 15) is 10.1 Å². The molecule has 1 unspecified atom stereocenters. The number of hydrogen-bond acceptors (Lipinski definition) is 4. The lowest BCUT2D eigenvalue weighted by Crippen LogP contribution is -2.31. The largest absolute Gasteiger partial charge is 0.497 e. The molecule has 0 heterocycles. The summed E-state index contributed by atoms with van der Waals surface area (Å²) in [6.07, 6.45) is 0. The second-order valence-corrected chi connectivity index (χ2v) is 4.33. The SMILES string of the molecule is COc1ccc(OC)c(C(C#N)NC(=O)C(C)C)c1. The normalized spacial score (nSPS) is 11.6. The number of nitrogens with zero attached hydrogens (tertiary/aromatic N) is 1. The maximum Gasteiger partial charge on any atom is 0.223 e. The van der Waals surface area contributed by atoms with Gasteiger partial charge in [0.25, 0.3) is 0 Å². The summed E-state index contributed by atoms with van der Waals surface area (Å²) in [6.45, 7) is 3.54. The number of amides is 1. The zero-order chi connectivity index (χ0) is 14.4. The zero-order valence-electron chi connectivity index (χ0n) is 11.6. The van der Waals surface area contributed by atoms with E-state index in [1.807, 2.05) is 0 Å². The molecule has 0 bridgehead atoms. The van der Waals surface area contributed by atoms with Gasteiger partial charge in [-0.2, -0.15) is 5.26 Å². The van der Waals surface area contributed by atoms with Gasteiger partial charge in [-0.05, 0) is 18.2 Å². The molecule has 102 valence electrons. The standard InChI is InChI=1S/C14H18N2O3/c1-9(2)14(17)16-12(8-15)11-7-10(18-3)5-6-13(11)19-4/h5-7,9,12H,1-4H3,(H,16,17). The zero-order valence-corrected chi connectivity index (χ0v) is 11.6. The Hall–Kier alpha value is -2.22. The summed E-state index contributed by atoms with van der Waals surface area (Å²) in [5, 5.41) is 11.9. The average Bonchev–Trinajstić information content (AvgIpc) is 2.43. The van der Waals surface area contributed by atoms with Crippen LogP contribution in [0.3, 0.4) is 0 Å². The molecular formula is C14H18N2O3. The molecule has 0 aliphatic rings. The first kappa shape index (κ1) is 14.8. The van der Waals surface area contributed by atoms with Crippen molar-refractivity contribution in [1.29, 1.82) is 5.26 Å². The summed E-state index contributed by atoms with van der Waals surface area (Å²) >= 11 is 0. The van der Waals surface area contributed by atoms with Gasteiger partial charge in [0, 0.05) is 11.5 Å². The van der Waals surface area contributed by atoms with Gasteiger partial charge < -0.3 is 14.8 Å². The molecule has 0 saturated carbocycles. The summed E-state index contributed by atoms with van der Waals surface area (Å²) < 4.78 is 10.3. The summed E-state index contributed by atoms with van der Waals surface area (Å²) in [5.74, 6) is 0.773. The Bertz CT molecular complexity index is 492. The van der Waals surface area contributed by atoms with Crippen molar-refractivity contribution < 1.29 is 14.3 Å². The van der Waals surface area contributed by atoms with Crippen LogP contribution in [0.1, 0.15) is 25.5 Å². The summed E-state index contributed by atoms with van der Waals surface area (Å²) in [7, 11) is 3.06. The molecular weight excluding hydrogens is 244 g/mol. The fourth-order valence-corrected chi connectivity index (χ4v) is 1.55. The predicted octanol–water partition coefficient (Wildman–Crippen LogP) is 2.04. The third kappa shape index (κ3) is 3.62. The smallest absolute Gasteiger partial charge is 0.223 e. The van der Waals surface area contributed by atoms with Crippen LogP contribution in [0.4, 0.5) is 0 Å². The van der Waals surface area contributed by atoms with E-state index < -0.39 is 6.04 Å². The Morgan fingerprint density at radius 2 is 2.00 bits per heavy atom. The van der Waals surface area contributed by atoms with Crippen molar-refractivity contribution in [3.05, 3.63) is 23.8 Å².